The van der Waals surface area contributed by atoms with Gasteiger partial charge in [-0.3, -0.25) is 4.90 Å². The molecule has 6 heteroatoms. The molecule has 0 aromatic heterocycles. The highest BCUT2D eigenvalue weighted by atomic mass is 19.4. The lowest BCUT2D eigenvalue weighted by atomic mass is 9.92. The molecule has 1 aliphatic rings. The molecule has 1 aromatic carbocycles. The number of aryl methyl sites for hydroxylation is 1. The Morgan fingerprint density at radius 3 is 2.50 bits per heavy atom. The van der Waals surface area contributed by atoms with Crippen LogP contribution in [-0.4, -0.2) is 17.7 Å². The van der Waals surface area contributed by atoms with Crippen molar-refractivity contribution in [3.05, 3.63) is 29.3 Å². The van der Waals surface area contributed by atoms with Crippen molar-refractivity contribution in [1.82, 2.24) is 0 Å². The van der Waals surface area contributed by atoms with Gasteiger partial charge in [-0.15, -0.1) is 0 Å². The van der Waals surface area contributed by atoms with Crippen LogP contribution in [0.2, 0.25) is 0 Å². The van der Waals surface area contributed by atoms with Gasteiger partial charge >= 0.3 is 12.3 Å². The van der Waals surface area contributed by atoms with Gasteiger partial charge in [0, 0.05) is 6.04 Å². The van der Waals surface area contributed by atoms with Gasteiger partial charge in [0.15, 0.2) is 0 Å². The number of hydrogen-bond acceptors (Lipinski definition) is 2. The minimum absolute atomic E-state index is 0.0471. The van der Waals surface area contributed by atoms with Gasteiger partial charge < -0.3 is 4.74 Å². The van der Waals surface area contributed by atoms with Crippen LogP contribution >= 0.6 is 0 Å². The number of hydrogen-bond donors (Lipinski definition) is 0. The molecule has 134 valence electrons. The van der Waals surface area contributed by atoms with Gasteiger partial charge in [0.1, 0.15) is 5.60 Å². The molecule has 1 aliphatic heterocycles. The Bertz CT molecular complexity index is 605. The van der Waals surface area contributed by atoms with Gasteiger partial charge in [0.05, 0.1) is 11.3 Å². The Hall–Kier alpha value is -1.72. The molecule has 0 saturated carbocycles. The summed E-state index contributed by atoms with van der Waals surface area (Å²) in [5, 5.41) is 0. The Morgan fingerprint density at radius 2 is 1.96 bits per heavy atom. The molecule has 0 N–H and O–H groups in total. The van der Waals surface area contributed by atoms with Crippen LogP contribution in [0.25, 0.3) is 0 Å². The summed E-state index contributed by atoms with van der Waals surface area (Å²) in [6.45, 7) is 7.35. The average molecular weight is 343 g/mol. The molecule has 1 amide bonds. The number of amides is 1. The Kier molecular flexibility index (Phi) is 5.16. The molecule has 0 radical (unpaired) electrons. The minimum Gasteiger partial charge on any atom is -0.443 e. The lowest BCUT2D eigenvalue weighted by Gasteiger charge is -2.38. The largest absolute Gasteiger partial charge is 0.443 e. The molecule has 0 saturated heterocycles. The van der Waals surface area contributed by atoms with E-state index in [1.54, 1.807) is 20.8 Å². The van der Waals surface area contributed by atoms with Crippen molar-refractivity contribution in [3.63, 3.8) is 0 Å². The molecule has 0 spiro atoms. The quantitative estimate of drug-likeness (QED) is 0.703. The molecule has 0 bridgehead atoms. The maximum Gasteiger partial charge on any atom is 0.416 e. The van der Waals surface area contributed by atoms with Crippen molar-refractivity contribution in [2.24, 2.45) is 0 Å². The summed E-state index contributed by atoms with van der Waals surface area (Å²) in [5.41, 5.74) is -0.263. The zero-order valence-electron chi connectivity index (χ0n) is 14.5. The SMILES string of the molecule is CCCC1CCc2cc(C(F)(F)F)ccc2N1C(=O)OC(C)(C)C. The number of alkyl halides is 3. The van der Waals surface area contributed by atoms with Crippen molar-refractivity contribution in [1.29, 1.82) is 0 Å². The van der Waals surface area contributed by atoms with Crippen molar-refractivity contribution in [2.75, 3.05) is 4.90 Å². The molecule has 1 unspecified atom stereocenters. The monoisotopic (exact) mass is 343 g/mol. The summed E-state index contributed by atoms with van der Waals surface area (Å²) in [4.78, 5) is 14.2. The third kappa shape index (κ3) is 4.22. The highest BCUT2D eigenvalue weighted by molar-refractivity contribution is 5.90. The van der Waals surface area contributed by atoms with Gasteiger partial charge in [0.2, 0.25) is 0 Å². The summed E-state index contributed by atoms with van der Waals surface area (Å²) >= 11 is 0. The number of halogens is 3. The first-order valence-electron chi connectivity index (χ1n) is 8.25. The second-order valence-electron chi connectivity index (χ2n) is 7.17. The van der Waals surface area contributed by atoms with E-state index in [1.165, 1.54) is 11.0 Å². The lowest BCUT2D eigenvalue weighted by Crippen LogP contribution is -2.46. The van der Waals surface area contributed by atoms with Crippen LogP contribution in [0, 0.1) is 0 Å². The van der Waals surface area contributed by atoms with Crippen LogP contribution in [0.1, 0.15) is 58.1 Å². The predicted octanol–water partition coefficient (Wildman–Crippen LogP) is 5.56. The van der Waals surface area contributed by atoms with E-state index in [0.717, 1.165) is 25.0 Å². The molecule has 0 aliphatic carbocycles. The fraction of sp³-hybridized carbons (Fsp3) is 0.611. The molecule has 0 fully saturated rings. The fourth-order valence-corrected chi connectivity index (χ4v) is 3.01. The molecular weight excluding hydrogens is 319 g/mol. The van der Waals surface area contributed by atoms with E-state index in [9.17, 15) is 18.0 Å². The highest BCUT2D eigenvalue weighted by Gasteiger charge is 2.36. The molecule has 2 rings (SSSR count). The molecule has 24 heavy (non-hydrogen) atoms. The number of nitrogens with zero attached hydrogens (tertiary/aromatic N) is 1. The first-order valence-corrected chi connectivity index (χ1v) is 8.25. The van der Waals surface area contributed by atoms with Crippen LogP contribution < -0.4 is 4.90 Å². The number of ether oxygens (including phenoxy) is 1. The van der Waals surface area contributed by atoms with Crippen molar-refractivity contribution < 1.29 is 22.7 Å². The van der Waals surface area contributed by atoms with Crippen molar-refractivity contribution >= 4 is 11.8 Å². The number of carbonyl (C=O) groups is 1. The van der Waals surface area contributed by atoms with Gasteiger partial charge in [-0.05, 0) is 63.8 Å². The van der Waals surface area contributed by atoms with E-state index in [0.29, 0.717) is 24.1 Å². The van der Waals surface area contributed by atoms with Crippen molar-refractivity contribution in [3.8, 4) is 0 Å². The molecular formula is C18H24F3NO2. The normalized spacial score (nSPS) is 18.3. The molecule has 1 aromatic rings. The lowest BCUT2D eigenvalue weighted by molar-refractivity contribution is -0.137. The number of rotatable bonds is 2. The zero-order chi connectivity index (χ0) is 18.1. The maximum absolute atomic E-state index is 12.9. The smallest absolute Gasteiger partial charge is 0.416 e. The highest BCUT2D eigenvalue weighted by Crippen LogP contribution is 2.38. The van der Waals surface area contributed by atoms with E-state index >= 15 is 0 Å². The van der Waals surface area contributed by atoms with Crippen LogP contribution in [0.4, 0.5) is 23.7 Å². The Labute approximate surface area is 140 Å². The fourth-order valence-electron chi connectivity index (χ4n) is 3.01. The number of fused-ring (bicyclic) bond motifs is 1. The average Bonchev–Trinajstić information content (AvgIpc) is 2.43. The minimum atomic E-state index is -4.38. The standard InChI is InChI=1S/C18H24F3NO2/c1-5-6-14-9-7-12-11-13(18(19,20)21)8-10-15(12)22(14)16(23)24-17(2,3)4/h8,10-11,14H,5-7,9H2,1-4H3. The van der Waals surface area contributed by atoms with Gasteiger partial charge in [-0.25, -0.2) is 4.79 Å². The topological polar surface area (TPSA) is 29.5 Å². The second-order valence-corrected chi connectivity index (χ2v) is 7.17. The van der Waals surface area contributed by atoms with E-state index in [4.69, 9.17) is 4.74 Å². The third-order valence-electron chi connectivity index (χ3n) is 3.99. The van der Waals surface area contributed by atoms with E-state index in [1.807, 2.05) is 6.92 Å². The van der Waals surface area contributed by atoms with E-state index in [-0.39, 0.29) is 6.04 Å². The number of carbonyl (C=O) groups excluding carboxylic acids is 1. The van der Waals surface area contributed by atoms with Gasteiger partial charge in [0.25, 0.3) is 0 Å². The molecule has 3 nitrogen and oxygen atoms in total. The first-order chi connectivity index (χ1) is 11.0. The Balaban J connectivity index is 2.40. The molecule has 1 atom stereocenters. The van der Waals surface area contributed by atoms with E-state index in [2.05, 4.69) is 0 Å². The summed E-state index contributed by atoms with van der Waals surface area (Å²) in [6.07, 6.45) is -2.03. The number of anilines is 1. The van der Waals surface area contributed by atoms with Crippen LogP contribution in [0.15, 0.2) is 18.2 Å². The predicted molar refractivity (Wildman–Crippen MR) is 87.2 cm³/mol. The Morgan fingerprint density at radius 1 is 1.29 bits per heavy atom. The maximum atomic E-state index is 12.9. The second kappa shape index (κ2) is 6.65. The summed E-state index contributed by atoms with van der Waals surface area (Å²) in [5.74, 6) is 0. The van der Waals surface area contributed by atoms with Crippen molar-refractivity contribution in [2.45, 2.75) is 71.2 Å². The summed E-state index contributed by atoms with van der Waals surface area (Å²) in [7, 11) is 0. The van der Waals surface area contributed by atoms with Gasteiger partial charge in [-0.1, -0.05) is 13.3 Å². The van der Waals surface area contributed by atoms with Crippen LogP contribution in [-0.2, 0) is 17.3 Å². The molecule has 1 heterocycles. The van der Waals surface area contributed by atoms with Gasteiger partial charge in [-0.2, -0.15) is 13.2 Å². The summed E-state index contributed by atoms with van der Waals surface area (Å²) < 4.78 is 44.3. The third-order valence-corrected chi connectivity index (χ3v) is 3.99. The zero-order valence-corrected chi connectivity index (χ0v) is 14.5. The van der Waals surface area contributed by atoms with E-state index < -0.39 is 23.4 Å². The van der Waals surface area contributed by atoms with Crippen LogP contribution in [0.3, 0.4) is 0 Å². The summed E-state index contributed by atoms with van der Waals surface area (Å²) in [6, 6.07) is 3.53. The van der Waals surface area contributed by atoms with Crippen LogP contribution in [0.5, 0.6) is 0 Å². The number of benzene rings is 1. The first kappa shape index (κ1) is 18.6.